The number of rotatable bonds is 9. The summed E-state index contributed by atoms with van der Waals surface area (Å²) < 4.78 is 7.38. The average molecular weight is 247 g/mol. The normalized spacial score (nSPS) is 12.4. The summed E-state index contributed by atoms with van der Waals surface area (Å²) in [5, 5.41) is 0. The molecular formula is C12H30N3P. The topological polar surface area (TPSA) is 9.72 Å². The fourth-order valence-electron chi connectivity index (χ4n) is 1.84. The Morgan fingerprint density at radius 3 is 1.38 bits per heavy atom. The maximum absolute atomic E-state index is 2.66. The fraction of sp³-hybridized carbons (Fsp3) is 1.00. The van der Waals surface area contributed by atoms with E-state index in [-0.39, 0.29) is 8.37 Å². The molecule has 0 aromatic rings. The Labute approximate surface area is 104 Å². The first-order valence-corrected chi connectivity index (χ1v) is 7.64. The van der Waals surface area contributed by atoms with Gasteiger partial charge < -0.3 is 0 Å². The summed E-state index contributed by atoms with van der Waals surface area (Å²) in [6.07, 6.45) is 5.19. The van der Waals surface area contributed by atoms with Gasteiger partial charge in [0, 0.05) is 13.1 Å². The highest BCUT2D eigenvalue weighted by atomic mass is 31.2. The Balaban J connectivity index is 4.40. The molecule has 0 aromatic heterocycles. The van der Waals surface area contributed by atoms with Crippen molar-refractivity contribution in [3.05, 3.63) is 0 Å². The van der Waals surface area contributed by atoms with Gasteiger partial charge in [0.05, 0.1) is 0 Å². The second-order valence-electron chi connectivity index (χ2n) is 4.62. The molecule has 0 bridgehead atoms. The van der Waals surface area contributed by atoms with Crippen LogP contribution < -0.4 is 0 Å². The van der Waals surface area contributed by atoms with E-state index in [2.05, 4.69) is 56.0 Å². The number of hydrogen-bond acceptors (Lipinski definition) is 3. The maximum Gasteiger partial charge on any atom is 0.119 e. The highest BCUT2D eigenvalue weighted by molar-refractivity contribution is 7.49. The molecule has 0 radical (unpaired) electrons. The van der Waals surface area contributed by atoms with E-state index in [1.807, 2.05) is 0 Å². The van der Waals surface area contributed by atoms with Gasteiger partial charge in [0.25, 0.3) is 0 Å². The molecule has 0 N–H and O–H groups in total. The maximum atomic E-state index is 2.66. The standard InChI is InChI=1S/C12H30N3P/c1-7-9-11-15(12-10-8-2)16(13(3)4)14(5)6/h7-12H2,1-6H3. The lowest BCUT2D eigenvalue weighted by Gasteiger charge is -2.39. The van der Waals surface area contributed by atoms with Crippen LogP contribution in [0.3, 0.4) is 0 Å². The summed E-state index contributed by atoms with van der Waals surface area (Å²) in [5.74, 6) is 0. The second kappa shape index (κ2) is 9.35. The quantitative estimate of drug-likeness (QED) is 0.579. The van der Waals surface area contributed by atoms with E-state index in [1.165, 1.54) is 38.8 Å². The molecule has 0 aromatic carbocycles. The predicted octanol–water partition coefficient (Wildman–Crippen LogP) is 3.24. The van der Waals surface area contributed by atoms with Gasteiger partial charge in [-0.3, -0.25) is 14.0 Å². The second-order valence-corrected chi connectivity index (χ2v) is 7.33. The van der Waals surface area contributed by atoms with Crippen LogP contribution in [0.2, 0.25) is 0 Å². The monoisotopic (exact) mass is 247 g/mol. The zero-order valence-electron chi connectivity index (χ0n) is 12.0. The molecule has 0 atom stereocenters. The molecule has 0 saturated carbocycles. The van der Waals surface area contributed by atoms with E-state index in [0.29, 0.717) is 0 Å². The van der Waals surface area contributed by atoms with E-state index in [9.17, 15) is 0 Å². The van der Waals surface area contributed by atoms with Gasteiger partial charge in [-0.15, -0.1) is 0 Å². The van der Waals surface area contributed by atoms with Gasteiger partial charge in [-0.25, -0.2) is 0 Å². The smallest absolute Gasteiger partial charge is 0.119 e. The van der Waals surface area contributed by atoms with Gasteiger partial charge in [-0.05, 0) is 41.0 Å². The first kappa shape index (κ1) is 16.3. The molecule has 3 nitrogen and oxygen atoms in total. The molecule has 0 fully saturated rings. The van der Waals surface area contributed by atoms with Crippen molar-refractivity contribution in [3.8, 4) is 0 Å². The largest absolute Gasteiger partial charge is 0.264 e. The van der Waals surface area contributed by atoms with Crippen LogP contribution in [-0.2, 0) is 0 Å². The summed E-state index contributed by atoms with van der Waals surface area (Å²) in [4.78, 5) is 0. The third kappa shape index (κ3) is 6.15. The number of unbranched alkanes of at least 4 members (excludes halogenated alkanes) is 2. The van der Waals surface area contributed by atoms with Crippen molar-refractivity contribution >= 4 is 8.37 Å². The lowest BCUT2D eigenvalue weighted by Crippen LogP contribution is -2.32. The summed E-state index contributed by atoms with van der Waals surface area (Å²) in [5.41, 5.74) is 0. The van der Waals surface area contributed by atoms with Gasteiger partial charge in [0.15, 0.2) is 0 Å². The molecule has 98 valence electrons. The van der Waals surface area contributed by atoms with Gasteiger partial charge in [-0.1, -0.05) is 26.7 Å². The number of hydrogen-bond donors (Lipinski definition) is 0. The zero-order valence-corrected chi connectivity index (χ0v) is 12.9. The molecular weight excluding hydrogens is 217 g/mol. The molecule has 0 aliphatic carbocycles. The Bertz CT molecular complexity index is 146. The van der Waals surface area contributed by atoms with E-state index in [4.69, 9.17) is 0 Å². The molecule has 0 unspecified atom stereocenters. The molecule has 0 aliphatic heterocycles. The Morgan fingerprint density at radius 2 is 1.12 bits per heavy atom. The van der Waals surface area contributed by atoms with Crippen molar-refractivity contribution in [2.75, 3.05) is 41.3 Å². The first-order chi connectivity index (χ1) is 7.54. The molecule has 0 amide bonds. The highest BCUT2D eigenvalue weighted by Gasteiger charge is 2.22. The molecule has 0 spiro atoms. The fourth-order valence-corrected chi connectivity index (χ4v) is 4.20. The lowest BCUT2D eigenvalue weighted by atomic mass is 10.3. The van der Waals surface area contributed by atoms with E-state index < -0.39 is 0 Å². The number of nitrogens with zero attached hydrogens (tertiary/aromatic N) is 3. The highest BCUT2D eigenvalue weighted by Crippen LogP contribution is 2.44. The minimum Gasteiger partial charge on any atom is -0.264 e. The molecule has 0 heterocycles. The SMILES string of the molecule is CCCCN(CCCC)P(N(C)C)N(C)C. The zero-order chi connectivity index (χ0) is 12.6. The van der Waals surface area contributed by atoms with Crippen LogP contribution in [0, 0.1) is 0 Å². The van der Waals surface area contributed by atoms with Crippen LogP contribution in [0.15, 0.2) is 0 Å². The van der Waals surface area contributed by atoms with Crippen LogP contribution in [-0.4, -0.2) is 55.3 Å². The Morgan fingerprint density at radius 1 is 0.750 bits per heavy atom. The van der Waals surface area contributed by atoms with Gasteiger partial charge >= 0.3 is 0 Å². The third-order valence-corrected chi connectivity index (χ3v) is 4.85. The minimum atomic E-state index is -0.265. The Kier molecular flexibility index (Phi) is 9.53. The Hall–Kier alpha value is 0.310. The molecule has 4 heteroatoms. The summed E-state index contributed by atoms with van der Waals surface area (Å²) >= 11 is 0. The predicted molar refractivity (Wildman–Crippen MR) is 75.7 cm³/mol. The lowest BCUT2D eigenvalue weighted by molar-refractivity contribution is 0.377. The summed E-state index contributed by atoms with van der Waals surface area (Å²) in [7, 11) is 8.50. The van der Waals surface area contributed by atoms with Crippen LogP contribution in [0.5, 0.6) is 0 Å². The van der Waals surface area contributed by atoms with E-state index in [1.54, 1.807) is 0 Å². The van der Waals surface area contributed by atoms with Crippen LogP contribution >= 0.6 is 8.37 Å². The summed E-state index contributed by atoms with van der Waals surface area (Å²) in [6.45, 7) is 7.01. The van der Waals surface area contributed by atoms with Gasteiger partial charge in [0.1, 0.15) is 8.37 Å². The van der Waals surface area contributed by atoms with Crippen LogP contribution in [0.25, 0.3) is 0 Å². The molecule has 0 aliphatic rings. The van der Waals surface area contributed by atoms with Crippen molar-refractivity contribution in [2.24, 2.45) is 0 Å². The van der Waals surface area contributed by atoms with Gasteiger partial charge in [-0.2, -0.15) is 0 Å². The van der Waals surface area contributed by atoms with E-state index >= 15 is 0 Å². The van der Waals surface area contributed by atoms with E-state index in [0.717, 1.165) is 0 Å². The third-order valence-electron chi connectivity index (χ3n) is 2.51. The average Bonchev–Trinajstić information content (AvgIpc) is 2.20. The molecule has 0 rings (SSSR count). The van der Waals surface area contributed by atoms with Crippen LogP contribution in [0.4, 0.5) is 0 Å². The van der Waals surface area contributed by atoms with Crippen molar-refractivity contribution in [3.63, 3.8) is 0 Å². The van der Waals surface area contributed by atoms with Crippen molar-refractivity contribution in [1.82, 2.24) is 14.0 Å². The molecule has 16 heavy (non-hydrogen) atoms. The van der Waals surface area contributed by atoms with Crippen molar-refractivity contribution in [2.45, 2.75) is 39.5 Å². The van der Waals surface area contributed by atoms with Gasteiger partial charge in [0.2, 0.25) is 0 Å². The molecule has 0 saturated heterocycles. The first-order valence-electron chi connectivity index (χ1n) is 6.44. The van der Waals surface area contributed by atoms with Crippen molar-refractivity contribution < 1.29 is 0 Å². The minimum absolute atomic E-state index is 0.265. The summed E-state index contributed by atoms with van der Waals surface area (Å²) in [6, 6.07) is 0. The van der Waals surface area contributed by atoms with Crippen molar-refractivity contribution in [1.29, 1.82) is 0 Å². The van der Waals surface area contributed by atoms with Crippen LogP contribution in [0.1, 0.15) is 39.5 Å².